The van der Waals surface area contributed by atoms with Crippen molar-refractivity contribution in [2.45, 2.75) is 6.54 Å². The predicted molar refractivity (Wildman–Crippen MR) is 36.5 cm³/mol. The van der Waals surface area contributed by atoms with Gasteiger partial charge in [-0.3, -0.25) is 9.45 Å². The van der Waals surface area contributed by atoms with Gasteiger partial charge in [0.2, 0.25) is 0 Å². The minimum atomic E-state index is -0.975. The Morgan fingerprint density at radius 2 is 1.92 bits per heavy atom. The average molecular weight is 173 g/mol. The van der Waals surface area contributed by atoms with Crippen molar-refractivity contribution in [1.82, 2.24) is 4.57 Å². The van der Waals surface area contributed by atoms with Crippen LogP contribution in [0.5, 0.6) is 11.8 Å². The van der Waals surface area contributed by atoms with Crippen molar-refractivity contribution in [3.8, 4) is 11.8 Å². The molecule has 66 valence electrons. The minimum Gasteiger partial charge on any atom is -0.494 e. The lowest BCUT2D eigenvalue weighted by atomic mass is 10.6. The van der Waals surface area contributed by atoms with Gasteiger partial charge < -0.3 is 10.2 Å². The van der Waals surface area contributed by atoms with E-state index >= 15 is 0 Å². The first-order chi connectivity index (χ1) is 5.65. The lowest BCUT2D eigenvalue weighted by Crippen LogP contribution is -2.10. The van der Waals surface area contributed by atoms with E-state index in [1.54, 1.807) is 0 Å². The van der Waals surface area contributed by atoms with E-state index in [2.05, 4.69) is 4.89 Å². The van der Waals surface area contributed by atoms with Crippen molar-refractivity contribution in [3.05, 3.63) is 12.1 Å². The van der Waals surface area contributed by atoms with Crippen molar-refractivity contribution >= 4 is 5.97 Å². The molecule has 0 unspecified atom stereocenters. The smallest absolute Gasteiger partial charge is 0.361 e. The molecule has 0 fully saturated rings. The highest BCUT2D eigenvalue weighted by atomic mass is 17.1. The van der Waals surface area contributed by atoms with Crippen LogP contribution in [0.3, 0.4) is 0 Å². The second kappa shape index (κ2) is 3.14. The van der Waals surface area contributed by atoms with Gasteiger partial charge in [-0.15, -0.1) is 0 Å². The molecule has 0 amide bonds. The number of rotatable bonds is 2. The summed E-state index contributed by atoms with van der Waals surface area (Å²) < 4.78 is 0.874. The van der Waals surface area contributed by atoms with Crippen LogP contribution in [-0.4, -0.2) is 26.0 Å². The van der Waals surface area contributed by atoms with Crippen molar-refractivity contribution < 1.29 is 25.2 Å². The van der Waals surface area contributed by atoms with E-state index in [0.29, 0.717) is 0 Å². The van der Waals surface area contributed by atoms with Crippen LogP contribution in [0.1, 0.15) is 0 Å². The van der Waals surface area contributed by atoms with E-state index in [-0.39, 0.29) is 11.8 Å². The SMILES string of the molecule is O=C(Cn1c(O)ccc1O)OO. The molecule has 1 aromatic heterocycles. The molecule has 0 spiro atoms. The summed E-state index contributed by atoms with van der Waals surface area (Å²) >= 11 is 0. The molecule has 0 saturated heterocycles. The van der Waals surface area contributed by atoms with Crippen LogP contribution < -0.4 is 0 Å². The van der Waals surface area contributed by atoms with Crippen LogP contribution in [-0.2, 0) is 16.2 Å². The monoisotopic (exact) mass is 173 g/mol. The van der Waals surface area contributed by atoms with Crippen LogP contribution in [0, 0.1) is 0 Å². The summed E-state index contributed by atoms with van der Waals surface area (Å²) in [5.74, 6) is -1.53. The largest absolute Gasteiger partial charge is 0.494 e. The third-order valence-electron chi connectivity index (χ3n) is 1.32. The van der Waals surface area contributed by atoms with E-state index in [0.717, 1.165) is 4.57 Å². The van der Waals surface area contributed by atoms with Crippen LogP contribution in [0.2, 0.25) is 0 Å². The maximum absolute atomic E-state index is 10.5. The Balaban J connectivity index is 2.80. The number of nitrogens with zero attached hydrogens (tertiary/aromatic N) is 1. The number of aromatic hydroxyl groups is 2. The molecule has 0 aromatic carbocycles. The summed E-state index contributed by atoms with van der Waals surface area (Å²) in [6.07, 6.45) is 0. The molecule has 1 heterocycles. The second-order valence-corrected chi connectivity index (χ2v) is 2.10. The third-order valence-corrected chi connectivity index (χ3v) is 1.32. The highest BCUT2D eigenvalue weighted by molar-refractivity contribution is 5.69. The van der Waals surface area contributed by atoms with Gasteiger partial charge in [0, 0.05) is 12.1 Å². The molecule has 1 aromatic rings. The molecule has 3 N–H and O–H groups in total. The zero-order chi connectivity index (χ0) is 9.14. The van der Waals surface area contributed by atoms with Crippen molar-refractivity contribution in [2.75, 3.05) is 0 Å². The standard InChI is InChI=1S/C6H7NO5/c8-4-1-2-5(9)7(4)3-6(10)12-11/h1-2,8-9,11H,3H2. The Kier molecular flexibility index (Phi) is 2.20. The van der Waals surface area contributed by atoms with Gasteiger partial charge in [-0.1, -0.05) is 0 Å². The van der Waals surface area contributed by atoms with Gasteiger partial charge in [0.05, 0.1) is 0 Å². The molecule has 0 aliphatic carbocycles. The van der Waals surface area contributed by atoms with Crippen LogP contribution in [0.15, 0.2) is 12.1 Å². The minimum absolute atomic E-state index is 0.280. The van der Waals surface area contributed by atoms with Crippen LogP contribution in [0.4, 0.5) is 0 Å². The number of carbonyl (C=O) groups excluding carboxylic acids is 1. The van der Waals surface area contributed by atoms with Gasteiger partial charge in [-0.25, -0.2) is 4.79 Å². The Labute approximate surface area is 67.2 Å². The van der Waals surface area contributed by atoms with Crippen molar-refractivity contribution in [3.63, 3.8) is 0 Å². The topological polar surface area (TPSA) is 91.9 Å². The molecule has 6 nitrogen and oxygen atoms in total. The van der Waals surface area contributed by atoms with Gasteiger partial charge >= 0.3 is 5.97 Å². The zero-order valence-corrected chi connectivity index (χ0v) is 5.97. The lowest BCUT2D eigenvalue weighted by Gasteiger charge is -2.02. The predicted octanol–water partition coefficient (Wildman–Crippen LogP) is -0.0845. The summed E-state index contributed by atoms with van der Waals surface area (Å²) in [5.41, 5.74) is 0. The molecular formula is C6H7NO5. The number of hydrogen-bond donors (Lipinski definition) is 3. The van der Waals surface area contributed by atoms with E-state index in [1.165, 1.54) is 12.1 Å². The maximum Gasteiger partial charge on any atom is 0.361 e. The summed E-state index contributed by atoms with van der Waals surface area (Å²) in [6.45, 7) is -0.443. The molecule has 0 radical (unpaired) electrons. The van der Waals surface area contributed by atoms with Gasteiger partial charge in [-0.2, -0.15) is 5.26 Å². The van der Waals surface area contributed by atoms with Gasteiger partial charge in [-0.05, 0) is 0 Å². The molecule has 0 aliphatic rings. The normalized spacial score (nSPS) is 9.75. The van der Waals surface area contributed by atoms with E-state index in [1.807, 2.05) is 0 Å². The van der Waals surface area contributed by atoms with Gasteiger partial charge in [0.25, 0.3) is 0 Å². The highest BCUT2D eigenvalue weighted by Gasteiger charge is 2.10. The molecule has 0 atom stereocenters. The quantitative estimate of drug-likeness (QED) is 0.429. The summed E-state index contributed by atoms with van der Waals surface area (Å²) in [7, 11) is 0. The molecule has 12 heavy (non-hydrogen) atoms. The fourth-order valence-electron chi connectivity index (χ4n) is 0.766. The van der Waals surface area contributed by atoms with E-state index < -0.39 is 12.5 Å². The fraction of sp³-hybridized carbons (Fsp3) is 0.167. The number of carbonyl (C=O) groups is 1. The molecule has 0 bridgehead atoms. The van der Waals surface area contributed by atoms with E-state index in [9.17, 15) is 4.79 Å². The van der Waals surface area contributed by atoms with E-state index in [4.69, 9.17) is 15.5 Å². The molecular weight excluding hydrogens is 166 g/mol. The number of aromatic nitrogens is 1. The first-order valence-corrected chi connectivity index (χ1v) is 3.07. The zero-order valence-electron chi connectivity index (χ0n) is 5.97. The number of hydrogen-bond acceptors (Lipinski definition) is 5. The Hall–Kier alpha value is -1.69. The summed E-state index contributed by atoms with van der Waals surface area (Å²) in [4.78, 5) is 13.8. The first kappa shape index (κ1) is 8.41. The molecule has 0 aliphatic heterocycles. The van der Waals surface area contributed by atoms with Crippen molar-refractivity contribution in [2.24, 2.45) is 0 Å². The molecule has 6 heteroatoms. The highest BCUT2D eigenvalue weighted by Crippen LogP contribution is 2.20. The first-order valence-electron chi connectivity index (χ1n) is 3.07. The van der Waals surface area contributed by atoms with Gasteiger partial charge in [0.1, 0.15) is 6.54 Å². The Morgan fingerprint density at radius 1 is 1.42 bits per heavy atom. The van der Waals surface area contributed by atoms with Crippen LogP contribution >= 0.6 is 0 Å². The fourth-order valence-corrected chi connectivity index (χ4v) is 0.766. The maximum atomic E-state index is 10.5. The Morgan fingerprint density at radius 3 is 2.33 bits per heavy atom. The second-order valence-electron chi connectivity index (χ2n) is 2.10. The molecule has 0 saturated carbocycles. The third kappa shape index (κ3) is 1.48. The van der Waals surface area contributed by atoms with Crippen LogP contribution in [0.25, 0.3) is 0 Å². The summed E-state index contributed by atoms with van der Waals surface area (Å²) in [5, 5.41) is 25.9. The Bertz CT molecular complexity index is 273. The summed E-state index contributed by atoms with van der Waals surface area (Å²) in [6, 6.07) is 2.42. The van der Waals surface area contributed by atoms with Crippen molar-refractivity contribution in [1.29, 1.82) is 0 Å². The lowest BCUT2D eigenvalue weighted by molar-refractivity contribution is -0.235. The average Bonchev–Trinajstić information content (AvgIpc) is 2.35. The van der Waals surface area contributed by atoms with Gasteiger partial charge in [0.15, 0.2) is 11.8 Å². The molecule has 1 rings (SSSR count).